The number of rotatable bonds is 9. The van der Waals surface area contributed by atoms with E-state index in [-0.39, 0.29) is 6.10 Å². The van der Waals surface area contributed by atoms with Crippen molar-refractivity contribution < 1.29 is 9.47 Å². The van der Waals surface area contributed by atoms with Crippen LogP contribution in [-0.4, -0.2) is 44.1 Å². The normalized spacial score (nSPS) is 12.5. The zero-order valence-corrected chi connectivity index (χ0v) is 13.2. The Kier molecular flexibility index (Phi) is 6.75. The van der Waals surface area contributed by atoms with Crippen LogP contribution in [-0.2, 0) is 15.9 Å². The molecule has 1 N–H and O–H groups in total. The fraction of sp³-hybridized carbons (Fsp3) is 0.467. The maximum Gasteiger partial charge on any atom is 0.151 e. The Balaban J connectivity index is 1.92. The molecule has 6 heteroatoms. The number of hydrogen-bond acceptors (Lipinski definition) is 6. The number of nitrogens with one attached hydrogen (secondary N) is 1. The summed E-state index contributed by atoms with van der Waals surface area (Å²) in [5.41, 5.74) is 1.10. The van der Waals surface area contributed by atoms with Crippen molar-refractivity contribution >= 4 is 11.3 Å². The summed E-state index contributed by atoms with van der Waals surface area (Å²) in [6.07, 6.45) is 0.728. The Morgan fingerprint density at radius 2 is 1.95 bits per heavy atom. The van der Waals surface area contributed by atoms with Crippen LogP contribution >= 0.6 is 11.3 Å². The Bertz CT molecular complexity index is 519. The third-order valence-corrected chi connectivity index (χ3v) is 4.07. The maximum absolute atomic E-state index is 5.57. The molecule has 0 aliphatic carbocycles. The molecule has 2 aromatic rings. The third-order valence-electron chi connectivity index (χ3n) is 3.04. The Labute approximate surface area is 129 Å². The first-order valence-electron chi connectivity index (χ1n) is 6.95. The molecule has 1 atom stereocenters. The first-order chi connectivity index (χ1) is 10.3. The molecule has 1 aromatic heterocycles. The van der Waals surface area contributed by atoms with E-state index in [1.54, 1.807) is 25.6 Å². The van der Waals surface area contributed by atoms with Crippen molar-refractivity contribution in [3.63, 3.8) is 0 Å². The molecule has 1 unspecified atom stereocenters. The molecule has 0 saturated carbocycles. The molecule has 0 aliphatic heterocycles. The van der Waals surface area contributed by atoms with E-state index in [9.17, 15) is 0 Å². The molecule has 1 aromatic carbocycles. The van der Waals surface area contributed by atoms with Gasteiger partial charge in [-0.15, -0.1) is 10.2 Å². The quantitative estimate of drug-likeness (QED) is 0.719. The van der Waals surface area contributed by atoms with Crippen LogP contribution in [0.1, 0.15) is 21.7 Å². The Morgan fingerprint density at radius 3 is 2.67 bits per heavy atom. The molecule has 1 heterocycles. The van der Waals surface area contributed by atoms with E-state index in [1.165, 1.54) is 0 Å². The van der Waals surface area contributed by atoms with Crippen LogP contribution in [0, 0.1) is 0 Å². The highest BCUT2D eigenvalue weighted by Crippen LogP contribution is 2.27. The molecule has 0 saturated heterocycles. The summed E-state index contributed by atoms with van der Waals surface area (Å²) in [5.74, 6) is 0. The van der Waals surface area contributed by atoms with Gasteiger partial charge < -0.3 is 14.8 Å². The van der Waals surface area contributed by atoms with Crippen LogP contribution in [0.15, 0.2) is 30.3 Å². The third kappa shape index (κ3) is 4.86. The fourth-order valence-corrected chi connectivity index (χ4v) is 2.92. The van der Waals surface area contributed by atoms with E-state index in [1.807, 2.05) is 30.3 Å². The lowest BCUT2D eigenvalue weighted by Crippen LogP contribution is -2.21. The minimum Gasteiger partial charge on any atom is -0.383 e. The highest BCUT2D eigenvalue weighted by molar-refractivity contribution is 7.11. The van der Waals surface area contributed by atoms with Gasteiger partial charge in [0, 0.05) is 33.7 Å². The minimum atomic E-state index is -0.140. The van der Waals surface area contributed by atoms with Gasteiger partial charge in [0.2, 0.25) is 0 Å². The Hall–Kier alpha value is -1.34. The molecule has 0 aliphatic rings. The topological polar surface area (TPSA) is 56.3 Å². The fourth-order valence-electron chi connectivity index (χ4n) is 1.98. The van der Waals surface area contributed by atoms with Crippen molar-refractivity contribution in [2.24, 2.45) is 0 Å². The van der Waals surface area contributed by atoms with Gasteiger partial charge in [0.15, 0.2) is 5.01 Å². The average Bonchev–Trinajstić information content (AvgIpc) is 2.98. The van der Waals surface area contributed by atoms with Crippen molar-refractivity contribution in [1.29, 1.82) is 0 Å². The van der Waals surface area contributed by atoms with Gasteiger partial charge in [-0.2, -0.15) is 0 Å². The molecular weight excluding hydrogens is 286 g/mol. The van der Waals surface area contributed by atoms with Gasteiger partial charge in [0.25, 0.3) is 0 Å². The molecule has 21 heavy (non-hydrogen) atoms. The zero-order valence-electron chi connectivity index (χ0n) is 12.4. The van der Waals surface area contributed by atoms with Crippen molar-refractivity contribution in [2.45, 2.75) is 12.5 Å². The lowest BCUT2D eigenvalue weighted by molar-refractivity contribution is 0.135. The average molecular weight is 307 g/mol. The molecule has 5 nitrogen and oxygen atoms in total. The second-order valence-corrected chi connectivity index (χ2v) is 5.65. The number of ether oxygens (including phenoxy) is 2. The monoisotopic (exact) mass is 307 g/mol. The Morgan fingerprint density at radius 1 is 1.14 bits per heavy atom. The van der Waals surface area contributed by atoms with Crippen LogP contribution in [0.25, 0.3) is 0 Å². The van der Waals surface area contributed by atoms with E-state index in [2.05, 4.69) is 15.5 Å². The molecule has 2 rings (SSSR count). The van der Waals surface area contributed by atoms with Crippen LogP contribution in [0.5, 0.6) is 0 Å². The summed E-state index contributed by atoms with van der Waals surface area (Å²) in [6.45, 7) is 2.45. The lowest BCUT2D eigenvalue weighted by Gasteiger charge is -2.11. The first kappa shape index (κ1) is 16.0. The standard InChI is InChI=1S/C15H21N3O2S/c1-19-11-10-16-9-8-13-17-18-15(21-13)14(20-2)12-6-4-3-5-7-12/h3-7,14,16H,8-11H2,1-2H3. The van der Waals surface area contributed by atoms with Crippen LogP contribution < -0.4 is 5.32 Å². The van der Waals surface area contributed by atoms with Crippen LogP contribution in [0.4, 0.5) is 0 Å². The highest BCUT2D eigenvalue weighted by atomic mass is 32.1. The van der Waals surface area contributed by atoms with E-state index < -0.39 is 0 Å². The van der Waals surface area contributed by atoms with Gasteiger partial charge in [-0.1, -0.05) is 41.7 Å². The van der Waals surface area contributed by atoms with Crippen molar-refractivity contribution in [2.75, 3.05) is 33.9 Å². The highest BCUT2D eigenvalue weighted by Gasteiger charge is 2.18. The molecule has 0 spiro atoms. The van der Waals surface area contributed by atoms with Gasteiger partial charge >= 0.3 is 0 Å². The van der Waals surface area contributed by atoms with Crippen molar-refractivity contribution in [3.05, 3.63) is 45.9 Å². The van der Waals surface area contributed by atoms with E-state index >= 15 is 0 Å². The van der Waals surface area contributed by atoms with Gasteiger partial charge in [-0.05, 0) is 5.56 Å². The molecule has 0 radical (unpaired) electrons. The van der Waals surface area contributed by atoms with Gasteiger partial charge in [0.1, 0.15) is 11.1 Å². The smallest absolute Gasteiger partial charge is 0.151 e. The van der Waals surface area contributed by atoms with Gasteiger partial charge in [-0.3, -0.25) is 0 Å². The van der Waals surface area contributed by atoms with Gasteiger partial charge in [-0.25, -0.2) is 0 Å². The number of methoxy groups -OCH3 is 2. The number of hydrogen-bond donors (Lipinski definition) is 1. The van der Waals surface area contributed by atoms with Crippen LogP contribution in [0.2, 0.25) is 0 Å². The summed E-state index contributed by atoms with van der Waals surface area (Å²) >= 11 is 1.61. The largest absolute Gasteiger partial charge is 0.383 e. The van der Waals surface area contributed by atoms with E-state index in [0.29, 0.717) is 0 Å². The van der Waals surface area contributed by atoms with E-state index in [4.69, 9.17) is 9.47 Å². The molecule has 0 fully saturated rings. The second-order valence-electron chi connectivity index (χ2n) is 4.55. The predicted octanol–water partition coefficient (Wildman–Crippen LogP) is 2.05. The SMILES string of the molecule is COCCNCCc1nnc(C(OC)c2ccccc2)s1. The predicted molar refractivity (Wildman–Crippen MR) is 83.7 cm³/mol. The number of aromatic nitrogens is 2. The van der Waals surface area contributed by atoms with Crippen molar-refractivity contribution in [3.8, 4) is 0 Å². The summed E-state index contributed by atoms with van der Waals surface area (Å²) in [6, 6.07) is 10.1. The summed E-state index contributed by atoms with van der Waals surface area (Å²) in [5, 5.41) is 13.7. The summed E-state index contributed by atoms with van der Waals surface area (Å²) in [7, 11) is 3.40. The van der Waals surface area contributed by atoms with Crippen molar-refractivity contribution in [1.82, 2.24) is 15.5 Å². The molecule has 0 amide bonds. The number of nitrogens with zero attached hydrogens (tertiary/aromatic N) is 2. The first-order valence-corrected chi connectivity index (χ1v) is 7.76. The van der Waals surface area contributed by atoms with Crippen LogP contribution in [0.3, 0.4) is 0 Å². The maximum atomic E-state index is 5.57. The summed E-state index contributed by atoms with van der Waals surface area (Å²) < 4.78 is 10.6. The minimum absolute atomic E-state index is 0.140. The van der Waals surface area contributed by atoms with E-state index in [0.717, 1.165) is 41.7 Å². The zero-order chi connectivity index (χ0) is 14.9. The van der Waals surface area contributed by atoms with Gasteiger partial charge in [0.05, 0.1) is 6.61 Å². The molecule has 0 bridgehead atoms. The molecular formula is C15H21N3O2S. The lowest BCUT2D eigenvalue weighted by atomic mass is 10.1. The second kappa shape index (κ2) is 8.84. The summed E-state index contributed by atoms with van der Waals surface area (Å²) in [4.78, 5) is 0. The molecule has 114 valence electrons. The number of benzene rings is 1.